The van der Waals surface area contributed by atoms with Gasteiger partial charge in [-0.3, -0.25) is 0 Å². The molecular formula is C9H12Cl2N2O. The Bertz CT molecular complexity index is 307. The molecule has 0 spiro atoms. The molecule has 1 aromatic heterocycles. The fourth-order valence-electron chi connectivity index (χ4n) is 1.02. The van der Waals surface area contributed by atoms with Gasteiger partial charge in [-0.05, 0) is 19.4 Å². The number of nitrogens with zero attached hydrogens (tertiary/aromatic N) is 1. The highest BCUT2D eigenvalue weighted by Gasteiger charge is 2.06. The Morgan fingerprint density at radius 2 is 2.29 bits per heavy atom. The number of rotatable bonds is 4. The number of aliphatic hydroxyl groups is 1. The van der Waals surface area contributed by atoms with E-state index in [9.17, 15) is 0 Å². The number of aliphatic hydroxyl groups excluding tert-OH is 1. The first-order valence-electron chi connectivity index (χ1n) is 4.32. The van der Waals surface area contributed by atoms with Gasteiger partial charge in [-0.25, -0.2) is 4.98 Å². The van der Waals surface area contributed by atoms with Gasteiger partial charge >= 0.3 is 0 Å². The van der Waals surface area contributed by atoms with E-state index in [0.717, 1.165) is 0 Å². The number of hydrogen-bond acceptors (Lipinski definition) is 3. The zero-order chi connectivity index (χ0) is 10.6. The van der Waals surface area contributed by atoms with Gasteiger partial charge in [0.25, 0.3) is 0 Å². The highest BCUT2D eigenvalue weighted by molar-refractivity contribution is 6.35. The van der Waals surface area contributed by atoms with E-state index in [2.05, 4.69) is 10.3 Å². The molecule has 0 aromatic carbocycles. The molecule has 78 valence electrons. The van der Waals surface area contributed by atoms with Crippen molar-refractivity contribution in [2.75, 3.05) is 11.9 Å². The number of nitrogens with one attached hydrogen (secondary N) is 1. The highest BCUT2D eigenvalue weighted by atomic mass is 35.5. The molecule has 3 nitrogen and oxygen atoms in total. The highest BCUT2D eigenvalue weighted by Crippen LogP contribution is 2.23. The van der Waals surface area contributed by atoms with Crippen molar-refractivity contribution in [2.24, 2.45) is 0 Å². The van der Waals surface area contributed by atoms with Gasteiger partial charge in [-0.15, -0.1) is 0 Å². The van der Waals surface area contributed by atoms with Gasteiger partial charge in [0, 0.05) is 18.8 Å². The first-order chi connectivity index (χ1) is 6.63. The molecule has 0 radical (unpaired) electrons. The van der Waals surface area contributed by atoms with Crippen LogP contribution in [0.5, 0.6) is 0 Å². The normalized spacial score (nSPS) is 12.6. The van der Waals surface area contributed by atoms with Gasteiger partial charge in [-0.1, -0.05) is 23.2 Å². The Balaban J connectivity index is 2.67. The molecule has 2 N–H and O–H groups in total. The Morgan fingerprint density at radius 3 is 2.86 bits per heavy atom. The molecule has 0 saturated heterocycles. The number of aromatic nitrogens is 1. The summed E-state index contributed by atoms with van der Waals surface area (Å²) in [6, 6.07) is 1.76. The summed E-state index contributed by atoms with van der Waals surface area (Å²) in [5, 5.41) is 12.8. The summed E-state index contributed by atoms with van der Waals surface area (Å²) in [4.78, 5) is 4.04. The molecule has 0 fully saturated rings. The van der Waals surface area contributed by atoms with E-state index in [-0.39, 0.29) is 12.6 Å². The summed E-state index contributed by atoms with van der Waals surface area (Å²) in [5.74, 6) is 0.594. The van der Waals surface area contributed by atoms with Crippen molar-refractivity contribution in [3.63, 3.8) is 0 Å². The number of anilines is 1. The maximum Gasteiger partial charge on any atom is 0.145 e. The zero-order valence-electron chi connectivity index (χ0n) is 7.80. The average Bonchev–Trinajstić information content (AvgIpc) is 2.10. The van der Waals surface area contributed by atoms with Crippen LogP contribution in [0.1, 0.15) is 13.3 Å². The predicted molar refractivity (Wildman–Crippen MR) is 59.0 cm³/mol. The second-order valence-electron chi connectivity index (χ2n) is 3.04. The largest absolute Gasteiger partial charge is 0.396 e. The quantitative estimate of drug-likeness (QED) is 0.842. The molecule has 0 amide bonds. The molecule has 0 aliphatic heterocycles. The van der Waals surface area contributed by atoms with Crippen LogP contribution in [0.4, 0.5) is 5.82 Å². The number of pyridine rings is 1. The lowest BCUT2D eigenvalue weighted by Crippen LogP contribution is -2.17. The van der Waals surface area contributed by atoms with Crippen LogP contribution in [0.2, 0.25) is 10.0 Å². The van der Waals surface area contributed by atoms with Crippen molar-refractivity contribution >= 4 is 29.0 Å². The van der Waals surface area contributed by atoms with Crippen LogP contribution in [0.3, 0.4) is 0 Å². The molecule has 0 aliphatic rings. The van der Waals surface area contributed by atoms with Crippen LogP contribution < -0.4 is 5.32 Å². The van der Waals surface area contributed by atoms with Gasteiger partial charge in [0.1, 0.15) is 5.82 Å². The zero-order valence-corrected chi connectivity index (χ0v) is 9.31. The Hall–Kier alpha value is -0.510. The van der Waals surface area contributed by atoms with Gasteiger partial charge in [0.15, 0.2) is 0 Å². The topological polar surface area (TPSA) is 45.1 Å². The third-order valence-electron chi connectivity index (χ3n) is 1.75. The Kier molecular flexibility index (Phi) is 4.45. The van der Waals surface area contributed by atoms with Gasteiger partial charge in [0.2, 0.25) is 0 Å². The van der Waals surface area contributed by atoms with Crippen molar-refractivity contribution in [2.45, 2.75) is 19.4 Å². The fraction of sp³-hybridized carbons (Fsp3) is 0.444. The second kappa shape index (κ2) is 5.39. The summed E-state index contributed by atoms with van der Waals surface area (Å²) in [6.45, 7) is 2.09. The molecule has 1 atom stereocenters. The first kappa shape index (κ1) is 11.6. The summed E-state index contributed by atoms with van der Waals surface area (Å²) in [7, 11) is 0. The van der Waals surface area contributed by atoms with Crippen LogP contribution in [-0.4, -0.2) is 22.7 Å². The SMILES string of the molecule is CC(CCO)Nc1ncc(Cl)cc1Cl. The van der Waals surface area contributed by atoms with Gasteiger partial charge in [-0.2, -0.15) is 0 Å². The summed E-state index contributed by atoms with van der Waals surface area (Å²) in [6.07, 6.45) is 2.18. The lowest BCUT2D eigenvalue weighted by molar-refractivity contribution is 0.282. The maximum atomic E-state index is 8.71. The van der Waals surface area contributed by atoms with Crippen molar-refractivity contribution in [1.29, 1.82) is 0 Å². The first-order valence-corrected chi connectivity index (χ1v) is 5.07. The second-order valence-corrected chi connectivity index (χ2v) is 3.89. The summed E-state index contributed by atoms with van der Waals surface area (Å²) in [5.41, 5.74) is 0. The molecule has 0 saturated carbocycles. The van der Waals surface area contributed by atoms with Crippen LogP contribution in [0.25, 0.3) is 0 Å². The smallest absolute Gasteiger partial charge is 0.145 e. The monoisotopic (exact) mass is 234 g/mol. The molecule has 0 bridgehead atoms. The third-order valence-corrected chi connectivity index (χ3v) is 2.25. The molecule has 1 rings (SSSR count). The van der Waals surface area contributed by atoms with Crippen molar-refractivity contribution < 1.29 is 5.11 Å². The molecule has 1 aromatic rings. The summed E-state index contributed by atoms with van der Waals surface area (Å²) < 4.78 is 0. The van der Waals surface area contributed by atoms with E-state index >= 15 is 0 Å². The standard InChI is InChI=1S/C9H12Cl2N2O/c1-6(2-3-14)13-9-8(11)4-7(10)5-12-9/h4-6,14H,2-3H2,1H3,(H,12,13). The van der Waals surface area contributed by atoms with E-state index in [0.29, 0.717) is 22.3 Å². The Morgan fingerprint density at radius 1 is 1.57 bits per heavy atom. The number of halogens is 2. The van der Waals surface area contributed by atoms with E-state index < -0.39 is 0 Å². The molecule has 1 heterocycles. The van der Waals surface area contributed by atoms with Gasteiger partial charge in [0.05, 0.1) is 10.0 Å². The Labute approximate surface area is 93.1 Å². The van der Waals surface area contributed by atoms with E-state index in [4.69, 9.17) is 28.3 Å². The predicted octanol–water partition coefficient (Wildman–Crippen LogP) is 2.57. The van der Waals surface area contributed by atoms with Crippen LogP contribution in [0, 0.1) is 0 Å². The summed E-state index contributed by atoms with van der Waals surface area (Å²) >= 11 is 11.6. The number of hydrogen-bond donors (Lipinski definition) is 2. The minimum Gasteiger partial charge on any atom is -0.396 e. The molecule has 5 heteroatoms. The molecule has 1 unspecified atom stereocenters. The van der Waals surface area contributed by atoms with E-state index in [1.807, 2.05) is 6.92 Å². The van der Waals surface area contributed by atoms with Crippen LogP contribution in [-0.2, 0) is 0 Å². The average molecular weight is 235 g/mol. The van der Waals surface area contributed by atoms with Gasteiger partial charge < -0.3 is 10.4 Å². The van der Waals surface area contributed by atoms with E-state index in [1.54, 1.807) is 6.07 Å². The van der Waals surface area contributed by atoms with Crippen LogP contribution in [0.15, 0.2) is 12.3 Å². The van der Waals surface area contributed by atoms with Crippen LogP contribution >= 0.6 is 23.2 Å². The molecular weight excluding hydrogens is 223 g/mol. The van der Waals surface area contributed by atoms with Crippen molar-refractivity contribution in [1.82, 2.24) is 4.98 Å². The van der Waals surface area contributed by atoms with E-state index in [1.165, 1.54) is 6.20 Å². The maximum absolute atomic E-state index is 8.71. The minimum absolute atomic E-state index is 0.131. The molecule has 0 aliphatic carbocycles. The van der Waals surface area contributed by atoms with Crippen molar-refractivity contribution in [3.05, 3.63) is 22.3 Å². The van der Waals surface area contributed by atoms with Crippen molar-refractivity contribution in [3.8, 4) is 0 Å². The minimum atomic E-state index is 0.131. The fourth-order valence-corrected chi connectivity index (χ4v) is 1.45. The lowest BCUT2D eigenvalue weighted by atomic mass is 10.2. The lowest BCUT2D eigenvalue weighted by Gasteiger charge is -2.13. The third kappa shape index (κ3) is 3.33. The molecule has 14 heavy (non-hydrogen) atoms.